The van der Waals surface area contributed by atoms with E-state index < -0.39 is 0 Å². The predicted octanol–water partition coefficient (Wildman–Crippen LogP) is 6.37. The smallest absolute Gasteiger partial charge is 0.147 e. The average molecular weight is 381 g/mol. The van der Waals surface area contributed by atoms with Crippen LogP contribution in [0.5, 0.6) is 11.5 Å². The minimum absolute atomic E-state index is 0.457. The molecular formula is C24H32N2O2. The summed E-state index contributed by atoms with van der Waals surface area (Å²) in [5.41, 5.74) is 2.23. The zero-order chi connectivity index (χ0) is 19.6. The zero-order valence-corrected chi connectivity index (χ0v) is 17.2. The molecule has 0 unspecified atom stereocenters. The first-order valence-electron chi connectivity index (χ1n) is 10.5. The summed E-state index contributed by atoms with van der Waals surface area (Å²) < 4.78 is 13.6. The lowest BCUT2D eigenvalue weighted by molar-refractivity contribution is 0.287. The van der Waals surface area contributed by atoms with Crippen molar-refractivity contribution in [1.29, 1.82) is 0 Å². The third-order valence-electron chi connectivity index (χ3n) is 5.13. The molecule has 0 spiro atoms. The average Bonchev–Trinajstić information content (AvgIpc) is 3.09. The second-order valence-electron chi connectivity index (χ2n) is 7.26. The van der Waals surface area contributed by atoms with Gasteiger partial charge in [-0.2, -0.15) is 0 Å². The molecule has 1 heterocycles. The number of nitrogens with zero attached hydrogens (tertiary/aromatic N) is 2. The van der Waals surface area contributed by atoms with Crippen LogP contribution in [0.15, 0.2) is 48.5 Å². The Hall–Kier alpha value is -2.49. The molecule has 2 aromatic carbocycles. The van der Waals surface area contributed by atoms with E-state index in [1.165, 1.54) is 50.5 Å². The van der Waals surface area contributed by atoms with E-state index in [0.29, 0.717) is 6.61 Å². The zero-order valence-electron chi connectivity index (χ0n) is 17.2. The lowest BCUT2D eigenvalue weighted by Crippen LogP contribution is -2.07. The van der Waals surface area contributed by atoms with Gasteiger partial charge in [0.15, 0.2) is 0 Å². The van der Waals surface area contributed by atoms with Crippen molar-refractivity contribution in [2.75, 3.05) is 7.11 Å². The summed E-state index contributed by atoms with van der Waals surface area (Å²) in [6.45, 7) is 3.71. The summed E-state index contributed by atoms with van der Waals surface area (Å²) >= 11 is 0. The van der Waals surface area contributed by atoms with Crippen molar-refractivity contribution in [2.45, 2.75) is 65.0 Å². The molecule has 0 aliphatic heterocycles. The number of hydrogen-bond donors (Lipinski definition) is 0. The van der Waals surface area contributed by atoms with Crippen LogP contribution in [0.2, 0.25) is 0 Å². The van der Waals surface area contributed by atoms with Crippen LogP contribution in [0.3, 0.4) is 0 Å². The number of benzene rings is 2. The molecule has 0 radical (unpaired) electrons. The van der Waals surface area contributed by atoms with Crippen molar-refractivity contribution in [1.82, 2.24) is 9.55 Å². The van der Waals surface area contributed by atoms with Gasteiger partial charge in [0.2, 0.25) is 0 Å². The van der Waals surface area contributed by atoms with Crippen LogP contribution in [0, 0.1) is 0 Å². The molecule has 0 saturated heterocycles. The van der Waals surface area contributed by atoms with Gasteiger partial charge in [-0.3, -0.25) is 0 Å². The molecule has 4 heteroatoms. The number of rotatable bonds is 12. The molecule has 1 aromatic heterocycles. The van der Waals surface area contributed by atoms with Crippen LogP contribution < -0.4 is 9.47 Å². The van der Waals surface area contributed by atoms with Gasteiger partial charge in [0.05, 0.1) is 18.1 Å². The molecule has 28 heavy (non-hydrogen) atoms. The van der Waals surface area contributed by atoms with E-state index >= 15 is 0 Å². The van der Waals surface area contributed by atoms with Crippen LogP contribution in [0.4, 0.5) is 0 Å². The number of methoxy groups -OCH3 is 1. The topological polar surface area (TPSA) is 36.3 Å². The third kappa shape index (κ3) is 5.51. The first-order chi connectivity index (χ1) is 13.8. The molecule has 4 nitrogen and oxygen atoms in total. The van der Waals surface area contributed by atoms with Gasteiger partial charge in [0, 0.05) is 12.6 Å². The lowest BCUT2D eigenvalue weighted by atomic mass is 10.1. The van der Waals surface area contributed by atoms with Crippen molar-refractivity contribution < 1.29 is 9.47 Å². The van der Waals surface area contributed by atoms with Gasteiger partial charge < -0.3 is 14.0 Å². The first kappa shape index (κ1) is 20.2. The Labute approximate surface area is 168 Å². The van der Waals surface area contributed by atoms with Crippen molar-refractivity contribution >= 4 is 11.0 Å². The Morgan fingerprint density at radius 1 is 0.857 bits per heavy atom. The fourth-order valence-electron chi connectivity index (χ4n) is 3.55. The fourth-order valence-corrected chi connectivity index (χ4v) is 3.55. The number of fused-ring (bicyclic) bond motifs is 1. The van der Waals surface area contributed by atoms with Gasteiger partial charge in [0.25, 0.3) is 0 Å². The van der Waals surface area contributed by atoms with Gasteiger partial charge in [-0.15, -0.1) is 0 Å². The van der Waals surface area contributed by atoms with Crippen LogP contribution >= 0.6 is 0 Å². The van der Waals surface area contributed by atoms with Crippen LogP contribution in [-0.4, -0.2) is 16.7 Å². The van der Waals surface area contributed by atoms with Crippen molar-refractivity contribution in [3.8, 4) is 11.5 Å². The Morgan fingerprint density at radius 2 is 1.61 bits per heavy atom. The van der Waals surface area contributed by atoms with E-state index in [2.05, 4.69) is 29.7 Å². The Morgan fingerprint density at radius 3 is 2.43 bits per heavy atom. The number of imidazole rings is 1. The molecule has 0 saturated carbocycles. The molecule has 0 N–H and O–H groups in total. The summed E-state index contributed by atoms with van der Waals surface area (Å²) in [6.07, 6.45) is 9.15. The molecular weight excluding hydrogens is 348 g/mol. The molecule has 0 atom stereocenters. The molecule has 0 aliphatic carbocycles. The SMILES string of the molecule is CCCCCCCCCn1c(COc2cccc(OC)c2)nc2ccccc21. The Kier molecular flexibility index (Phi) is 7.77. The molecule has 3 aromatic rings. The monoisotopic (exact) mass is 380 g/mol. The minimum Gasteiger partial charge on any atom is -0.497 e. The highest BCUT2D eigenvalue weighted by atomic mass is 16.5. The molecule has 3 rings (SSSR count). The molecule has 0 bridgehead atoms. The van der Waals surface area contributed by atoms with Crippen molar-refractivity contribution in [3.05, 3.63) is 54.4 Å². The highest BCUT2D eigenvalue weighted by Gasteiger charge is 2.11. The van der Waals surface area contributed by atoms with Crippen LogP contribution in [0.1, 0.15) is 57.7 Å². The van der Waals surface area contributed by atoms with Crippen LogP contribution in [0.25, 0.3) is 11.0 Å². The summed E-state index contributed by atoms with van der Waals surface area (Å²) in [4.78, 5) is 4.82. The predicted molar refractivity (Wildman–Crippen MR) is 115 cm³/mol. The van der Waals surface area contributed by atoms with E-state index in [1.807, 2.05) is 30.3 Å². The van der Waals surface area contributed by atoms with Gasteiger partial charge in [-0.1, -0.05) is 63.6 Å². The maximum absolute atomic E-state index is 6.01. The molecule has 150 valence electrons. The number of ether oxygens (including phenoxy) is 2. The first-order valence-corrected chi connectivity index (χ1v) is 10.5. The number of aromatic nitrogens is 2. The van der Waals surface area contributed by atoms with Gasteiger partial charge in [-0.05, 0) is 30.7 Å². The summed E-state index contributed by atoms with van der Waals surface area (Å²) in [5, 5.41) is 0. The molecule has 0 aliphatic rings. The number of aryl methyl sites for hydroxylation is 1. The molecule has 0 fully saturated rings. The van der Waals surface area contributed by atoms with Gasteiger partial charge in [0.1, 0.15) is 23.9 Å². The Bertz CT molecular complexity index is 857. The highest BCUT2D eigenvalue weighted by molar-refractivity contribution is 5.75. The fraction of sp³-hybridized carbons (Fsp3) is 0.458. The summed E-state index contributed by atoms with van der Waals surface area (Å²) in [5.74, 6) is 2.58. The third-order valence-corrected chi connectivity index (χ3v) is 5.13. The van der Waals surface area contributed by atoms with E-state index in [9.17, 15) is 0 Å². The maximum atomic E-state index is 6.01. The van der Waals surface area contributed by atoms with Gasteiger partial charge in [-0.25, -0.2) is 4.98 Å². The minimum atomic E-state index is 0.457. The summed E-state index contributed by atoms with van der Waals surface area (Å²) in [7, 11) is 1.67. The standard InChI is InChI=1S/C24H32N2O2/c1-3-4-5-6-7-8-11-17-26-23-16-10-9-15-22(23)25-24(26)19-28-21-14-12-13-20(18-21)27-2/h9-10,12-16,18H,3-8,11,17,19H2,1-2H3. The number of para-hydroxylation sites is 2. The quantitative estimate of drug-likeness (QED) is 0.342. The van der Waals surface area contributed by atoms with Crippen molar-refractivity contribution in [2.24, 2.45) is 0 Å². The maximum Gasteiger partial charge on any atom is 0.147 e. The van der Waals surface area contributed by atoms with E-state index in [1.54, 1.807) is 7.11 Å². The van der Waals surface area contributed by atoms with Crippen molar-refractivity contribution in [3.63, 3.8) is 0 Å². The highest BCUT2D eigenvalue weighted by Crippen LogP contribution is 2.22. The number of hydrogen-bond acceptors (Lipinski definition) is 3. The Balaban J connectivity index is 1.63. The van der Waals surface area contributed by atoms with E-state index in [4.69, 9.17) is 14.5 Å². The summed E-state index contributed by atoms with van der Waals surface area (Å²) in [6, 6.07) is 16.1. The largest absolute Gasteiger partial charge is 0.497 e. The van der Waals surface area contributed by atoms with E-state index in [-0.39, 0.29) is 0 Å². The van der Waals surface area contributed by atoms with E-state index in [0.717, 1.165) is 29.4 Å². The normalized spacial score (nSPS) is 11.1. The van der Waals surface area contributed by atoms with Gasteiger partial charge >= 0.3 is 0 Å². The second-order valence-corrected chi connectivity index (χ2v) is 7.26. The molecule has 0 amide bonds. The lowest BCUT2D eigenvalue weighted by Gasteiger charge is -2.11. The number of unbranched alkanes of at least 4 members (excludes halogenated alkanes) is 6. The van der Waals surface area contributed by atoms with Crippen LogP contribution in [-0.2, 0) is 13.2 Å². The second kappa shape index (κ2) is 10.7.